The number of ether oxygens (including phenoxy) is 4. The highest BCUT2D eigenvalue weighted by Crippen LogP contribution is 2.52. The van der Waals surface area contributed by atoms with Gasteiger partial charge in [-0.25, -0.2) is 19.6 Å². The summed E-state index contributed by atoms with van der Waals surface area (Å²) < 4.78 is 24.4. The predicted molar refractivity (Wildman–Crippen MR) is 236 cm³/mol. The fourth-order valence-electron chi connectivity index (χ4n) is 10.1. The number of hydrogen-bond donors (Lipinski definition) is 4. The summed E-state index contributed by atoms with van der Waals surface area (Å²) in [5.41, 5.74) is 0.507. The lowest BCUT2D eigenvalue weighted by Gasteiger charge is -2.29. The number of fused-ring (bicyclic) bond motifs is 4. The lowest BCUT2D eigenvalue weighted by molar-refractivity contribution is -0.146. The molecule has 3 aromatic rings. The van der Waals surface area contributed by atoms with Gasteiger partial charge in [0, 0.05) is 55.0 Å². The van der Waals surface area contributed by atoms with Crippen molar-refractivity contribution in [3.63, 3.8) is 0 Å². The fraction of sp³-hybridized carbons (Fsp3) is 0.652. The van der Waals surface area contributed by atoms with Gasteiger partial charge in [0.1, 0.15) is 53.6 Å². The number of carbonyl (C=O) groups excluding carboxylic acids is 3. The Bertz CT molecular complexity index is 2150. The van der Waals surface area contributed by atoms with Crippen molar-refractivity contribution in [2.45, 2.75) is 127 Å². The van der Waals surface area contributed by atoms with Gasteiger partial charge in [-0.15, -0.1) is 11.3 Å². The summed E-state index contributed by atoms with van der Waals surface area (Å²) in [4.78, 5) is 68.9. The van der Waals surface area contributed by atoms with Crippen molar-refractivity contribution < 1.29 is 43.2 Å². The van der Waals surface area contributed by atoms with E-state index >= 15 is 0 Å². The van der Waals surface area contributed by atoms with Gasteiger partial charge in [0.2, 0.25) is 11.8 Å². The third-order valence-corrected chi connectivity index (χ3v) is 14.6. The minimum atomic E-state index is -1.37. The Morgan fingerprint density at radius 2 is 1.76 bits per heavy atom. The average molecular weight is 888 g/mol. The minimum Gasteiger partial charge on any atom is -0.492 e. The van der Waals surface area contributed by atoms with Crippen LogP contribution >= 0.6 is 11.3 Å². The van der Waals surface area contributed by atoms with Crippen molar-refractivity contribution in [3.05, 3.63) is 29.6 Å². The van der Waals surface area contributed by atoms with Crippen LogP contribution in [0, 0.1) is 17.8 Å². The summed E-state index contributed by atoms with van der Waals surface area (Å²) in [7, 11) is 0. The normalized spacial score (nSPS) is 30.0. The van der Waals surface area contributed by atoms with Gasteiger partial charge in [0.05, 0.1) is 31.0 Å². The topological polar surface area (TPSA) is 194 Å². The second kappa shape index (κ2) is 18.8. The molecule has 6 fully saturated rings. The summed E-state index contributed by atoms with van der Waals surface area (Å²) in [5.74, 6) is 0.225. The number of thiazole rings is 1. The summed E-state index contributed by atoms with van der Waals surface area (Å²) in [6, 6.07) is 5.76. The van der Waals surface area contributed by atoms with Crippen LogP contribution in [0.4, 0.5) is 9.93 Å². The van der Waals surface area contributed by atoms with Crippen molar-refractivity contribution in [1.82, 2.24) is 30.4 Å². The average Bonchev–Trinajstić information content (AvgIpc) is 3.91. The number of rotatable bonds is 12. The molecule has 340 valence electrons. The van der Waals surface area contributed by atoms with Crippen LogP contribution in [-0.2, 0) is 23.9 Å². The Hall–Kier alpha value is -4.74. The Morgan fingerprint density at radius 3 is 2.54 bits per heavy atom. The van der Waals surface area contributed by atoms with Crippen molar-refractivity contribution in [2.75, 3.05) is 51.3 Å². The zero-order valence-electron chi connectivity index (χ0n) is 36.4. The molecule has 8 atom stereocenters. The molecule has 3 aliphatic heterocycles. The number of pyridine rings is 1. The second-order valence-electron chi connectivity index (χ2n) is 18.8. The maximum absolute atomic E-state index is 14.8. The molecular weight excluding hydrogens is 827 g/mol. The fourth-order valence-corrected chi connectivity index (χ4v) is 11.0. The molecular formula is C46H61N7O9S. The van der Waals surface area contributed by atoms with Crippen molar-refractivity contribution in [2.24, 2.45) is 17.8 Å². The molecule has 5 heterocycles. The molecule has 17 heteroatoms. The molecule has 2 unspecified atom stereocenters. The molecule has 16 nitrogen and oxygen atoms in total. The van der Waals surface area contributed by atoms with E-state index in [4.69, 9.17) is 28.9 Å². The molecule has 3 amide bonds. The molecule has 3 aliphatic carbocycles. The number of carbonyl (C=O) groups is 4. The van der Waals surface area contributed by atoms with Gasteiger partial charge >= 0.3 is 12.1 Å². The number of carboxylic acid groups (broad SMARTS) is 1. The van der Waals surface area contributed by atoms with Gasteiger partial charge in [0.15, 0.2) is 5.13 Å². The molecule has 0 spiro atoms. The number of nitrogens with one attached hydrogen (secondary N) is 3. The van der Waals surface area contributed by atoms with Crippen molar-refractivity contribution >= 4 is 51.2 Å². The van der Waals surface area contributed by atoms with Crippen LogP contribution in [0.25, 0.3) is 22.3 Å². The highest BCUT2D eigenvalue weighted by atomic mass is 32.1. The van der Waals surface area contributed by atoms with Crippen LogP contribution in [0.5, 0.6) is 11.5 Å². The number of anilines is 1. The van der Waals surface area contributed by atoms with Gasteiger partial charge in [0.25, 0.3) is 0 Å². The minimum absolute atomic E-state index is 0.0423. The van der Waals surface area contributed by atoms with Crippen molar-refractivity contribution in [3.8, 4) is 22.9 Å². The molecule has 1 aromatic carbocycles. The van der Waals surface area contributed by atoms with E-state index in [1.165, 1.54) is 22.7 Å². The zero-order valence-corrected chi connectivity index (χ0v) is 37.2. The maximum atomic E-state index is 14.8. The van der Waals surface area contributed by atoms with Crippen LogP contribution in [0.2, 0.25) is 0 Å². The first kappa shape index (κ1) is 43.5. The van der Waals surface area contributed by atoms with Gasteiger partial charge in [-0.3, -0.25) is 14.5 Å². The number of morpholine rings is 1. The zero-order chi connectivity index (χ0) is 43.7. The molecule has 0 bridgehead atoms. The highest BCUT2D eigenvalue weighted by Gasteiger charge is 2.62. The van der Waals surface area contributed by atoms with E-state index in [1.807, 2.05) is 29.6 Å². The van der Waals surface area contributed by atoms with E-state index in [9.17, 15) is 24.3 Å². The number of hydrogen-bond acceptors (Lipinski definition) is 13. The number of amides is 3. The third kappa shape index (κ3) is 10.1. The van der Waals surface area contributed by atoms with Crippen LogP contribution in [0.1, 0.15) is 90.9 Å². The van der Waals surface area contributed by atoms with Crippen LogP contribution in [-0.4, -0.2) is 131 Å². The quantitative estimate of drug-likeness (QED) is 0.170. The largest absolute Gasteiger partial charge is 0.492 e. The molecule has 2 aromatic heterocycles. The smallest absolute Gasteiger partial charge is 0.408 e. The molecule has 6 aliphatic rings. The number of carboxylic acids is 1. The Balaban J connectivity index is 0.993. The third-order valence-electron chi connectivity index (χ3n) is 13.8. The number of nitrogens with zero attached hydrogens (tertiary/aromatic N) is 4. The molecule has 4 N–H and O–H groups in total. The SMILES string of the molecule is CC(C)Nc1nc(-c2cc(O[C@@H]3C[C@H]4C(=O)N[C@]5(C(=O)O)C[C@H]5CCCCCCC[C@H](NC(=O)OC5CC6C[C@H]6C5)C(=O)N4C3)c3ccc(OCCN4CCOCC4)cc3n2)cs1. The van der Waals surface area contributed by atoms with E-state index in [-0.39, 0.29) is 31.0 Å². The Labute approximate surface area is 372 Å². The van der Waals surface area contributed by atoms with Crippen LogP contribution in [0.15, 0.2) is 29.6 Å². The van der Waals surface area contributed by atoms with E-state index in [2.05, 4.69) is 34.7 Å². The van der Waals surface area contributed by atoms with E-state index < -0.39 is 47.6 Å². The number of alkyl carbamates (subject to hydrolysis) is 1. The molecule has 3 saturated heterocycles. The lowest BCUT2D eigenvalue weighted by Crippen LogP contribution is -2.56. The molecule has 0 radical (unpaired) electrons. The molecule has 3 saturated carbocycles. The second-order valence-corrected chi connectivity index (χ2v) is 19.6. The van der Waals surface area contributed by atoms with Gasteiger partial charge < -0.3 is 44.9 Å². The van der Waals surface area contributed by atoms with Crippen LogP contribution < -0.4 is 25.4 Å². The first-order chi connectivity index (χ1) is 30.5. The Kier molecular flexibility index (Phi) is 13.0. The van der Waals surface area contributed by atoms with E-state index in [0.29, 0.717) is 91.1 Å². The number of aliphatic carboxylic acids is 1. The van der Waals surface area contributed by atoms with Gasteiger partial charge in [-0.1, -0.05) is 32.1 Å². The number of aromatic nitrogens is 2. The lowest BCUT2D eigenvalue weighted by atomic mass is 10.0. The van der Waals surface area contributed by atoms with Crippen LogP contribution in [0.3, 0.4) is 0 Å². The van der Waals surface area contributed by atoms with Gasteiger partial charge in [-0.2, -0.15) is 0 Å². The monoisotopic (exact) mass is 887 g/mol. The van der Waals surface area contributed by atoms with Gasteiger partial charge in [-0.05, 0) is 82.3 Å². The summed E-state index contributed by atoms with van der Waals surface area (Å²) >= 11 is 1.48. The number of benzene rings is 1. The first-order valence-corrected chi connectivity index (χ1v) is 24.0. The summed E-state index contributed by atoms with van der Waals surface area (Å²) in [6.45, 7) is 8.58. The standard InChI is InChI=1S/C46H61N7O9S/c1-27(2)47-44-49-38(26-63-44)37-23-40(34-11-10-31(21-36(34)48-37)60-17-14-52-12-15-59-16-13-52)61-33-22-39-41(54)51-46(43(56)57)24-30(46)8-6-4-3-5-7-9-35(42(55)53(39)25-33)50-45(58)62-32-19-28-18-29(28)20-32/h10-11,21,23,26-30,32-33,35,39H,3-9,12-20,22,24-25H2,1-2H3,(H,47,49)(H,50,58)(H,51,54)(H,56,57)/t28-,29?,30+,32?,33+,35-,39-,46+/m0/s1. The Morgan fingerprint density at radius 1 is 0.984 bits per heavy atom. The predicted octanol–water partition coefficient (Wildman–Crippen LogP) is 5.84. The summed E-state index contributed by atoms with van der Waals surface area (Å²) in [5, 5.41) is 23.0. The first-order valence-electron chi connectivity index (χ1n) is 23.1. The molecule has 9 rings (SSSR count). The van der Waals surface area contributed by atoms with E-state index in [0.717, 1.165) is 63.3 Å². The highest BCUT2D eigenvalue weighted by molar-refractivity contribution is 7.14. The maximum Gasteiger partial charge on any atom is 0.408 e. The van der Waals surface area contributed by atoms with Crippen molar-refractivity contribution in [1.29, 1.82) is 0 Å². The van der Waals surface area contributed by atoms with E-state index in [1.54, 1.807) is 0 Å². The molecule has 63 heavy (non-hydrogen) atoms. The summed E-state index contributed by atoms with van der Waals surface area (Å²) in [6.07, 6.45) is 7.29.